The van der Waals surface area contributed by atoms with Crippen molar-refractivity contribution in [1.29, 1.82) is 0 Å². The van der Waals surface area contributed by atoms with Crippen molar-refractivity contribution in [2.45, 2.75) is 29.0 Å². The molecule has 13 heteroatoms. The molecule has 1 aromatic heterocycles. The van der Waals surface area contributed by atoms with Gasteiger partial charge in [0.25, 0.3) is 5.91 Å². The van der Waals surface area contributed by atoms with Crippen LogP contribution in [0.5, 0.6) is 5.75 Å². The van der Waals surface area contributed by atoms with Gasteiger partial charge >= 0.3 is 10.8 Å². The summed E-state index contributed by atoms with van der Waals surface area (Å²) in [5.41, 5.74) is 1.49. The Morgan fingerprint density at radius 2 is 1.79 bits per heavy atom. The zero-order chi connectivity index (χ0) is 32.6. The SMILES string of the molecule is O=C(O)CCN1C(=O)C2C3CC(C2C1=O)C1C3Sc2[nH]c(=O)sc2[C@@H]1c1cc(Br)ccc1OCC(=O)Nc1cccc2ccccc12. The summed E-state index contributed by atoms with van der Waals surface area (Å²) in [5, 5.41) is 14.8. The molecule has 2 aliphatic heterocycles. The second-order valence-electron chi connectivity index (χ2n) is 12.5. The van der Waals surface area contributed by atoms with Crippen LogP contribution in [0.3, 0.4) is 0 Å². The summed E-state index contributed by atoms with van der Waals surface area (Å²) in [6.45, 7) is -0.373. The van der Waals surface area contributed by atoms with E-state index in [1.165, 1.54) is 0 Å². The van der Waals surface area contributed by atoms with Gasteiger partial charge in [-0.15, -0.1) is 11.8 Å². The molecule has 0 radical (unpaired) electrons. The highest BCUT2D eigenvalue weighted by Gasteiger charge is 2.69. The number of carbonyl (C=O) groups excluding carboxylic acids is 3. The number of carboxylic acid groups (broad SMARTS) is 1. The van der Waals surface area contributed by atoms with Crippen molar-refractivity contribution in [3.05, 3.63) is 85.2 Å². The Kier molecular flexibility index (Phi) is 7.53. The van der Waals surface area contributed by atoms with Gasteiger partial charge in [0.05, 0.1) is 23.3 Å². The van der Waals surface area contributed by atoms with E-state index in [0.29, 0.717) is 17.9 Å². The molecule has 47 heavy (non-hydrogen) atoms. The molecule has 3 heterocycles. The van der Waals surface area contributed by atoms with Crippen LogP contribution in [0.1, 0.15) is 29.2 Å². The number of thiazole rings is 1. The van der Waals surface area contributed by atoms with E-state index in [1.807, 2.05) is 60.7 Å². The molecule has 3 fully saturated rings. The van der Waals surface area contributed by atoms with Gasteiger partial charge in [-0.2, -0.15) is 0 Å². The number of imide groups is 1. The smallest absolute Gasteiger partial charge is 0.305 e. The number of amides is 3. The molecule has 240 valence electrons. The van der Waals surface area contributed by atoms with E-state index in [1.54, 1.807) is 11.8 Å². The topological polar surface area (TPSA) is 146 Å². The number of halogens is 1. The first-order valence-electron chi connectivity index (χ1n) is 15.4. The number of rotatable bonds is 8. The number of fused-ring (bicyclic) bond motifs is 10. The monoisotopic (exact) mass is 733 g/mol. The van der Waals surface area contributed by atoms with E-state index >= 15 is 0 Å². The molecule has 1 saturated heterocycles. The van der Waals surface area contributed by atoms with E-state index in [2.05, 4.69) is 26.2 Å². The largest absolute Gasteiger partial charge is 0.483 e. The van der Waals surface area contributed by atoms with Crippen LogP contribution in [0, 0.1) is 29.6 Å². The number of nitrogens with one attached hydrogen (secondary N) is 2. The number of hydrogen-bond acceptors (Lipinski definition) is 8. The van der Waals surface area contributed by atoms with Crippen LogP contribution in [0.2, 0.25) is 0 Å². The summed E-state index contributed by atoms with van der Waals surface area (Å²) in [6, 6.07) is 19.1. The lowest BCUT2D eigenvalue weighted by atomic mass is 9.68. The predicted molar refractivity (Wildman–Crippen MR) is 180 cm³/mol. The number of H-pyrrole nitrogens is 1. The second kappa shape index (κ2) is 11.6. The molecule has 3 aromatic carbocycles. The van der Waals surface area contributed by atoms with Gasteiger partial charge in [0.15, 0.2) is 6.61 Å². The molecule has 3 amide bonds. The number of aromatic amines is 1. The lowest BCUT2D eigenvalue weighted by Gasteiger charge is -2.43. The highest BCUT2D eigenvalue weighted by Crippen LogP contribution is 2.69. The minimum Gasteiger partial charge on any atom is -0.483 e. The minimum atomic E-state index is -1.06. The van der Waals surface area contributed by atoms with Gasteiger partial charge in [0, 0.05) is 43.7 Å². The van der Waals surface area contributed by atoms with Crippen LogP contribution in [-0.4, -0.2) is 57.1 Å². The van der Waals surface area contributed by atoms with Crippen molar-refractivity contribution in [3.63, 3.8) is 0 Å². The number of nitrogens with zero attached hydrogens (tertiary/aromatic N) is 1. The maximum Gasteiger partial charge on any atom is 0.305 e. The van der Waals surface area contributed by atoms with Crippen LogP contribution >= 0.6 is 39.0 Å². The molecule has 0 spiro atoms. The number of hydrogen-bond donors (Lipinski definition) is 3. The van der Waals surface area contributed by atoms with Crippen LogP contribution in [0.15, 0.2) is 75.0 Å². The molecule has 2 bridgehead atoms. The Balaban J connectivity index is 1.11. The normalized spacial score (nSPS) is 27.1. The predicted octanol–water partition coefficient (Wildman–Crippen LogP) is 5.32. The van der Waals surface area contributed by atoms with Crippen LogP contribution in [0.4, 0.5) is 5.69 Å². The molecule has 7 atom stereocenters. The summed E-state index contributed by atoms with van der Waals surface area (Å²) >= 11 is 6.32. The average molecular weight is 735 g/mol. The number of carbonyl (C=O) groups is 4. The molecule has 3 N–H and O–H groups in total. The standard InChI is InChI=1S/C34H28BrN3O7S2/c35-16-8-9-22(45-14-23(39)36-21-7-3-5-15-4-1-2-6-17(15)21)18(12-16)25-26-19-13-20(29(26)46-31-30(25)47-34(44)37-31)28-27(19)32(42)38(33(28)43)11-10-24(40)41/h1-9,12,19-20,25-29H,10-11,13-14H2,(H,36,39)(H,37,44)(H,40,41)/t19?,20?,25-,26?,27?,28?,29?/m1/s1. The number of carboxylic acids is 1. The summed E-state index contributed by atoms with van der Waals surface area (Å²) in [5.74, 6) is -3.08. The Labute approximate surface area is 285 Å². The zero-order valence-corrected chi connectivity index (χ0v) is 27.9. The first-order chi connectivity index (χ1) is 22.7. The summed E-state index contributed by atoms with van der Waals surface area (Å²) in [7, 11) is 0. The van der Waals surface area contributed by atoms with E-state index in [9.17, 15) is 29.1 Å². The zero-order valence-electron chi connectivity index (χ0n) is 24.7. The third kappa shape index (κ3) is 5.01. The van der Waals surface area contributed by atoms with Gasteiger partial charge < -0.3 is 20.1 Å². The third-order valence-corrected chi connectivity index (χ3v) is 13.2. The molecule has 2 aliphatic carbocycles. The van der Waals surface area contributed by atoms with E-state index < -0.39 is 17.8 Å². The highest BCUT2D eigenvalue weighted by atomic mass is 79.9. The fourth-order valence-corrected chi connectivity index (χ4v) is 11.7. The fourth-order valence-electron chi connectivity index (χ4n) is 8.41. The molecular weight excluding hydrogens is 706 g/mol. The Bertz CT molecular complexity index is 2040. The Morgan fingerprint density at radius 3 is 2.60 bits per heavy atom. The number of ether oxygens (including phenoxy) is 1. The summed E-state index contributed by atoms with van der Waals surface area (Å²) in [4.78, 5) is 69.2. The fraction of sp³-hybridized carbons (Fsp3) is 0.324. The average Bonchev–Trinajstić information content (AvgIpc) is 3.78. The second-order valence-corrected chi connectivity index (χ2v) is 15.6. The molecule has 6 unspecified atom stereocenters. The van der Waals surface area contributed by atoms with Gasteiger partial charge in [-0.25, -0.2) is 0 Å². The van der Waals surface area contributed by atoms with Crippen molar-refractivity contribution in [2.75, 3.05) is 18.5 Å². The van der Waals surface area contributed by atoms with Gasteiger partial charge in [0.1, 0.15) is 5.75 Å². The molecule has 10 nitrogen and oxygen atoms in total. The Hall–Kier alpha value is -3.94. The van der Waals surface area contributed by atoms with Gasteiger partial charge in [-0.3, -0.25) is 28.9 Å². The van der Waals surface area contributed by atoms with Gasteiger partial charge in [-0.1, -0.05) is 63.7 Å². The first kappa shape index (κ1) is 30.4. The third-order valence-electron chi connectivity index (χ3n) is 10.1. The number of aromatic nitrogens is 1. The lowest BCUT2D eigenvalue weighted by molar-refractivity contribution is -0.142. The van der Waals surface area contributed by atoms with Crippen molar-refractivity contribution in [1.82, 2.24) is 9.88 Å². The van der Waals surface area contributed by atoms with Gasteiger partial charge in [-0.05, 0) is 53.8 Å². The highest BCUT2D eigenvalue weighted by molar-refractivity contribution is 9.10. The van der Waals surface area contributed by atoms with E-state index in [0.717, 1.165) is 46.9 Å². The Morgan fingerprint density at radius 1 is 1.02 bits per heavy atom. The van der Waals surface area contributed by atoms with Crippen molar-refractivity contribution < 1.29 is 29.0 Å². The molecular formula is C34H28BrN3O7S2. The quantitative estimate of drug-likeness (QED) is 0.207. The van der Waals surface area contributed by atoms with E-state index in [-0.39, 0.29) is 71.1 Å². The van der Waals surface area contributed by atoms with Crippen LogP contribution in [-0.2, 0) is 19.2 Å². The number of anilines is 1. The number of aliphatic carboxylic acids is 1. The number of thioether (sulfide) groups is 1. The maximum atomic E-state index is 13.7. The summed E-state index contributed by atoms with van der Waals surface area (Å²) in [6.07, 6.45) is 0.414. The van der Waals surface area contributed by atoms with Crippen LogP contribution in [0.25, 0.3) is 10.8 Å². The molecule has 4 aromatic rings. The molecule has 2 saturated carbocycles. The van der Waals surface area contributed by atoms with Gasteiger partial charge in [0.2, 0.25) is 11.8 Å². The molecule has 8 rings (SSSR count). The van der Waals surface area contributed by atoms with Crippen molar-refractivity contribution in [2.24, 2.45) is 29.6 Å². The summed E-state index contributed by atoms with van der Waals surface area (Å²) < 4.78 is 7.03. The minimum absolute atomic E-state index is 0.0401. The van der Waals surface area contributed by atoms with Crippen molar-refractivity contribution >= 4 is 79.2 Å². The van der Waals surface area contributed by atoms with E-state index in [4.69, 9.17) is 4.74 Å². The van der Waals surface area contributed by atoms with Crippen LogP contribution < -0.4 is 14.9 Å². The number of likely N-dealkylation sites (tertiary alicyclic amines) is 1. The number of benzene rings is 3. The maximum absolute atomic E-state index is 13.7. The first-order valence-corrected chi connectivity index (χ1v) is 17.8. The van der Waals surface area contributed by atoms with Crippen molar-refractivity contribution in [3.8, 4) is 5.75 Å². The lowest BCUT2D eigenvalue weighted by Crippen LogP contribution is -2.42. The molecule has 4 aliphatic rings.